The van der Waals surface area contributed by atoms with E-state index in [9.17, 15) is 0 Å². The van der Waals surface area contributed by atoms with Gasteiger partial charge in [-0.1, -0.05) is 38.2 Å². The molecule has 0 aromatic heterocycles. The van der Waals surface area contributed by atoms with Crippen molar-refractivity contribution in [3.05, 3.63) is 23.8 Å². The topological polar surface area (TPSA) is 56.5 Å². The predicted molar refractivity (Wildman–Crippen MR) is 85.4 cm³/mol. The Morgan fingerprint density at radius 2 is 1.76 bits per heavy atom. The molecule has 3 N–H and O–H groups in total. The van der Waals surface area contributed by atoms with E-state index >= 15 is 0 Å². The Hall–Kier alpha value is -1.26. The summed E-state index contributed by atoms with van der Waals surface area (Å²) in [5.74, 6) is 8.32. The molecule has 1 fully saturated rings. The van der Waals surface area contributed by atoms with Crippen molar-refractivity contribution in [3.63, 3.8) is 0 Å². The molecule has 1 aliphatic carbocycles. The van der Waals surface area contributed by atoms with Crippen LogP contribution in [0.2, 0.25) is 0 Å². The van der Waals surface area contributed by atoms with Crippen LogP contribution in [0.1, 0.15) is 56.6 Å². The lowest BCUT2D eigenvalue weighted by Gasteiger charge is -2.26. The van der Waals surface area contributed by atoms with Crippen molar-refractivity contribution in [3.8, 4) is 11.5 Å². The Bertz CT molecular complexity index is 409. The Morgan fingerprint density at radius 3 is 2.29 bits per heavy atom. The van der Waals surface area contributed by atoms with Crippen molar-refractivity contribution in [1.29, 1.82) is 0 Å². The summed E-state index contributed by atoms with van der Waals surface area (Å²) in [6.07, 6.45) is 9.09. The average molecular weight is 292 g/mol. The summed E-state index contributed by atoms with van der Waals surface area (Å²) in [6.45, 7) is 0. The number of benzene rings is 1. The second-order valence-corrected chi connectivity index (χ2v) is 5.88. The lowest BCUT2D eigenvalue weighted by molar-refractivity contribution is 0.307. The zero-order chi connectivity index (χ0) is 15.1. The SMILES string of the molecule is COc1cccc(OC)c1C(CCC1CCCCC1)NN. The van der Waals surface area contributed by atoms with Crippen LogP contribution in [0.4, 0.5) is 0 Å². The molecular weight excluding hydrogens is 264 g/mol. The van der Waals surface area contributed by atoms with Gasteiger partial charge >= 0.3 is 0 Å². The van der Waals surface area contributed by atoms with Gasteiger partial charge in [0, 0.05) is 0 Å². The van der Waals surface area contributed by atoms with Gasteiger partial charge in [0.1, 0.15) is 11.5 Å². The Morgan fingerprint density at radius 1 is 1.14 bits per heavy atom. The van der Waals surface area contributed by atoms with Crippen LogP contribution in [-0.2, 0) is 0 Å². The molecule has 4 nitrogen and oxygen atoms in total. The standard InChI is InChI=1S/C17H28N2O2/c1-20-15-9-6-10-16(21-2)17(15)14(19-18)12-11-13-7-4-3-5-8-13/h6,9-10,13-14,19H,3-5,7-8,11-12,18H2,1-2H3. The number of hydrogen-bond acceptors (Lipinski definition) is 4. The maximum atomic E-state index is 5.81. The molecule has 21 heavy (non-hydrogen) atoms. The Labute approximate surface area is 128 Å². The van der Waals surface area contributed by atoms with Crippen LogP contribution in [0, 0.1) is 5.92 Å². The van der Waals surface area contributed by atoms with Crippen LogP contribution in [0.5, 0.6) is 11.5 Å². The zero-order valence-corrected chi connectivity index (χ0v) is 13.2. The maximum Gasteiger partial charge on any atom is 0.127 e. The fraction of sp³-hybridized carbons (Fsp3) is 0.647. The molecule has 1 saturated carbocycles. The first-order chi connectivity index (χ1) is 10.3. The molecule has 118 valence electrons. The molecule has 0 spiro atoms. The van der Waals surface area contributed by atoms with Crippen molar-refractivity contribution in [1.82, 2.24) is 5.43 Å². The van der Waals surface area contributed by atoms with Crippen molar-refractivity contribution in [2.75, 3.05) is 14.2 Å². The van der Waals surface area contributed by atoms with E-state index in [-0.39, 0.29) is 6.04 Å². The highest BCUT2D eigenvalue weighted by molar-refractivity contribution is 5.46. The molecule has 2 rings (SSSR count). The van der Waals surface area contributed by atoms with Gasteiger partial charge in [0.25, 0.3) is 0 Å². The molecule has 1 atom stereocenters. The van der Waals surface area contributed by atoms with E-state index in [1.807, 2.05) is 18.2 Å². The summed E-state index contributed by atoms with van der Waals surface area (Å²) in [5, 5.41) is 0. The predicted octanol–water partition coefficient (Wildman–Crippen LogP) is 3.57. The zero-order valence-electron chi connectivity index (χ0n) is 13.2. The molecule has 0 saturated heterocycles. The van der Waals surface area contributed by atoms with Gasteiger partial charge in [-0.25, -0.2) is 0 Å². The third-order valence-electron chi connectivity index (χ3n) is 4.60. The van der Waals surface area contributed by atoms with Crippen molar-refractivity contribution < 1.29 is 9.47 Å². The van der Waals surface area contributed by atoms with Gasteiger partial charge in [-0.05, 0) is 30.9 Å². The minimum atomic E-state index is 0.0676. The highest BCUT2D eigenvalue weighted by Crippen LogP contribution is 2.37. The van der Waals surface area contributed by atoms with Crippen LogP contribution in [0.15, 0.2) is 18.2 Å². The van der Waals surface area contributed by atoms with Gasteiger partial charge in [-0.2, -0.15) is 0 Å². The maximum absolute atomic E-state index is 5.81. The molecular formula is C17H28N2O2. The van der Waals surface area contributed by atoms with Crippen molar-refractivity contribution >= 4 is 0 Å². The van der Waals surface area contributed by atoms with E-state index in [1.54, 1.807) is 14.2 Å². The fourth-order valence-electron chi connectivity index (χ4n) is 3.41. The first-order valence-corrected chi connectivity index (χ1v) is 7.97. The number of methoxy groups -OCH3 is 2. The molecule has 1 unspecified atom stereocenters. The number of hydrogen-bond donors (Lipinski definition) is 2. The average Bonchev–Trinajstić information content (AvgIpc) is 2.56. The molecule has 0 amide bonds. The molecule has 1 aromatic rings. The second kappa shape index (κ2) is 8.25. The summed E-state index contributed by atoms with van der Waals surface area (Å²) < 4.78 is 11.0. The second-order valence-electron chi connectivity index (χ2n) is 5.88. The van der Waals surface area contributed by atoms with Gasteiger partial charge in [-0.3, -0.25) is 11.3 Å². The lowest BCUT2D eigenvalue weighted by Crippen LogP contribution is -2.29. The van der Waals surface area contributed by atoms with Gasteiger partial charge in [0.2, 0.25) is 0 Å². The summed E-state index contributed by atoms with van der Waals surface area (Å²) in [4.78, 5) is 0. The summed E-state index contributed by atoms with van der Waals surface area (Å²) in [5.41, 5.74) is 3.98. The van der Waals surface area contributed by atoms with Crippen LogP contribution in [0.3, 0.4) is 0 Å². The minimum absolute atomic E-state index is 0.0676. The largest absolute Gasteiger partial charge is 0.496 e. The van der Waals surface area contributed by atoms with Crippen LogP contribution in [-0.4, -0.2) is 14.2 Å². The van der Waals surface area contributed by atoms with E-state index in [0.29, 0.717) is 0 Å². The van der Waals surface area contributed by atoms with Crippen molar-refractivity contribution in [2.24, 2.45) is 11.8 Å². The van der Waals surface area contributed by atoms with E-state index in [2.05, 4.69) is 5.43 Å². The summed E-state index contributed by atoms with van der Waals surface area (Å²) >= 11 is 0. The van der Waals surface area contributed by atoms with Crippen LogP contribution < -0.4 is 20.7 Å². The highest BCUT2D eigenvalue weighted by Gasteiger charge is 2.22. The number of hydrazine groups is 1. The monoisotopic (exact) mass is 292 g/mol. The van der Waals surface area contributed by atoms with Gasteiger partial charge in [-0.15, -0.1) is 0 Å². The van der Waals surface area contributed by atoms with Crippen LogP contribution >= 0.6 is 0 Å². The van der Waals surface area contributed by atoms with Crippen molar-refractivity contribution in [2.45, 2.75) is 51.0 Å². The smallest absolute Gasteiger partial charge is 0.127 e. The molecule has 4 heteroatoms. The molecule has 0 bridgehead atoms. The molecule has 1 aliphatic rings. The summed E-state index contributed by atoms with van der Waals surface area (Å²) in [7, 11) is 3.37. The van der Waals surface area contributed by atoms with E-state index in [4.69, 9.17) is 15.3 Å². The number of ether oxygens (including phenoxy) is 2. The van der Waals surface area contributed by atoms with Crippen LogP contribution in [0.25, 0.3) is 0 Å². The third kappa shape index (κ3) is 4.11. The molecule has 0 heterocycles. The minimum Gasteiger partial charge on any atom is -0.496 e. The normalized spacial score (nSPS) is 17.5. The van der Waals surface area contributed by atoms with E-state index < -0.39 is 0 Å². The Kier molecular flexibility index (Phi) is 6.33. The highest BCUT2D eigenvalue weighted by atomic mass is 16.5. The molecule has 1 aromatic carbocycles. The fourth-order valence-corrected chi connectivity index (χ4v) is 3.41. The van der Waals surface area contributed by atoms with E-state index in [0.717, 1.165) is 29.4 Å². The van der Waals surface area contributed by atoms with Gasteiger partial charge in [0.05, 0.1) is 25.8 Å². The quantitative estimate of drug-likeness (QED) is 0.596. The van der Waals surface area contributed by atoms with E-state index in [1.165, 1.54) is 38.5 Å². The third-order valence-corrected chi connectivity index (χ3v) is 4.60. The van der Waals surface area contributed by atoms with Gasteiger partial charge in [0.15, 0.2) is 0 Å². The lowest BCUT2D eigenvalue weighted by atomic mass is 9.84. The summed E-state index contributed by atoms with van der Waals surface area (Å²) in [6, 6.07) is 5.93. The number of nitrogens with two attached hydrogens (primary N) is 1. The molecule has 0 radical (unpaired) electrons. The number of rotatable bonds is 7. The Balaban J connectivity index is 2.08. The molecule has 0 aliphatic heterocycles. The number of nitrogens with one attached hydrogen (secondary N) is 1. The first kappa shape index (κ1) is 16.1. The first-order valence-electron chi connectivity index (χ1n) is 7.97. The van der Waals surface area contributed by atoms with Gasteiger partial charge < -0.3 is 9.47 Å².